The number of ether oxygens (including phenoxy) is 1. The van der Waals surface area contributed by atoms with Crippen molar-refractivity contribution in [3.05, 3.63) is 155 Å². The Hall–Kier alpha value is -5.66. The average Bonchev–Trinajstić information content (AvgIpc) is 3.71. The highest BCUT2D eigenvalue weighted by Crippen LogP contribution is 2.72. The lowest BCUT2D eigenvalue weighted by atomic mass is 9.59. The number of rotatable bonds is 3. The molecule has 1 aromatic heterocycles. The standard InChI is InChI=1S/C41H30N4O3/c1-48-26-20-18-25(19-21-26)35(46)36-40(29-13-5-4-12-28(29)34-37(40)43-33-17-9-8-16-32(33)42-34)38-27-11-3-2-10-24(27)22-23-45(38)41(36)30-14-6-7-15-31(30)44-39(41)47/h2-21,36,38H,22-23H2,1H3,(H,44,47). The van der Waals surface area contributed by atoms with Crippen LogP contribution in [0.4, 0.5) is 5.69 Å². The number of fused-ring (bicyclic) bond motifs is 13. The molecule has 1 fully saturated rings. The van der Waals surface area contributed by atoms with Crippen molar-refractivity contribution in [2.24, 2.45) is 5.92 Å². The normalized spacial score (nSPS) is 24.6. The van der Waals surface area contributed by atoms with Gasteiger partial charge in [0.15, 0.2) is 5.78 Å². The first-order chi connectivity index (χ1) is 23.6. The number of ketones is 1. The monoisotopic (exact) mass is 626 g/mol. The molecule has 1 amide bonds. The summed E-state index contributed by atoms with van der Waals surface area (Å²) >= 11 is 0. The van der Waals surface area contributed by atoms with Gasteiger partial charge in [-0.15, -0.1) is 0 Å². The van der Waals surface area contributed by atoms with E-state index in [9.17, 15) is 0 Å². The quantitative estimate of drug-likeness (QED) is 0.216. The van der Waals surface area contributed by atoms with Crippen molar-refractivity contribution in [3.63, 3.8) is 0 Å². The van der Waals surface area contributed by atoms with Gasteiger partial charge in [-0.1, -0.05) is 78.9 Å². The number of anilines is 1. The van der Waals surface area contributed by atoms with Crippen molar-refractivity contribution in [1.29, 1.82) is 0 Å². The zero-order chi connectivity index (χ0) is 32.2. The number of benzene rings is 5. The van der Waals surface area contributed by atoms with Crippen LogP contribution in [0.1, 0.15) is 44.3 Å². The third kappa shape index (κ3) is 3.22. The van der Waals surface area contributed by atoms with Crippen molar-refractivity contribution >= 4 is 28.4 Å². The molecular formula is C41H30N4O3. The molecule has 2 spiro atoms. The Morgan fingerprint density at radius 3 is 2.31 bits per heavy atom. The van der Waals surface area contributed by atoms with Crippen molar-refractivity contribution in [2.75, 3.05) is 19.0 Å². The van der Waals surface area contributed by atoms with Gasteiger partial charge in [0.1, 0.15) is 11.3 Å². The van der Waals surface area contributed by atoms with E-state index in [1.165, 1.54) is 5.56 Å². The fourth-order valence-corrected chi connectivity index (χ4v) is 9.47. The highest BCUT2D eigenvalue weighted by molar-refractivity contribution is 6.13. The number of nitrogens with zero attached hydrogens (tertiary/aromatic N) is 3. The van der Waals surface area contributed by atoms with E-state index < -0.39 is 16.9 Å². The number of Topliss-reactive ketones (excluding diaryl/α,β-unsaturated/α-hetero) is 1. The van der Waals surface area contributed by atoms with Gasteiger partial charge in [0.2, 0.25) is 5.91 Å². The van der Waals surface area contributed by atoms with Crippen molar-refractivity contribution in [3.8, 4) is 17.0 Å². The maximum Gasteiger partial charge on any atom is 0.250 e. The first kappa shape index (κ1) is 27.5. The van der Waals surface area contributed by atoms with E-state index in [-0.39, 0.29) is 17.7 Å². The molecule has 4 unspecified atom stereocenters. The SMILES string of the molecule is COc1ccc(C(=O)C2C3(c4ccccc4-c4nc5ccccc5nc43)C3c4ccccc4CCN3C23C(=O)Nc2ccccc23)cc1. The second-order valence-corrected chi connectivity index (χ2v) is 13.2. The number of nitrogens with one attached hydrogen (secondary N) is 1. The summed E-state index contributed by atoms with van der Waals surface area (Å²) < 4.78 is 5.47. The molecule has 1 N–H and O–H groups in total. The molecule has 232 valence electrons. The van der Waals surface area contributed by atoms with Gasteiger partial charge in [-0.3, -0.25) is 14.5 Å². The Kier molecular flexibility index (Phi) is 5.54. The van der Waals surface area contributed by atoms with Crippen molar-refractivity contribution in [1.82, 2.24) is 14.9 Å². The zero-order valence-corrected chi connectivity index (χ0v) is 26.2. The van der Waals surface area contributed by atoms with Crippen LogP contribution in [0.25, 0.3) is 22.3 Å². The fourth-order valence-electron chi connectivity index (χ4n) is 9.47. The van der Waals surface area contributed by atoms with Crippen LogP contribution in [-0.4, -0.2) is 40.2 Å². The molecule has 4 heterocycles. The summed E-state index contributed by atoms with van der Waals surface area (Å²) in [4.78, 5) is 43.9. The maximum absolute atomic E-state index is 15.8. The summed E-state index contributed by atoms with van der Waals surface area (Å²) in [5, 5.41) is 3.24. The van der Waals surface area contributed by atoms with Gasteiger partial charge < -0.3 is 10.1 Å². The van der Waals surface area contributed by atoms with Gasteiger partial charge in [0.25, 0.3) is 0 Å². The molecular weight excluding hydrogens is 596 g/mol. The van der Waals surface area contributed by atoms with Crippen molar-refractivity contribution in [2.45, 2.75) is 23.4 Å². The summed E-state index contributed by atoms with van der Waals surface area (Å²) in [5.74, 6) is -0.534. The predicted molar refractivity (Wildman–Crippen MR) is 183 cm³/mol. The lowest BCUT2D eigenvalue weighted by molar-refractivity contribution is -0.128. The second kappa shape index (κ2) is 9.69. The first-order valence-electron chi connectivity index (χ1n) is 16.4. The Labute approximate surface area is 277 Å². The molecule has 3 aliphatic heterocycles. The van der Waals surface area contributed by atoms with E-state index in [2.05, 4.69) is 46.6 Å². The number of carbonyl (C=O) groups excluding carboxylic acids is 2. The highest BCUT2D eigenvalue weighted by Gasteiger charge is 2.77. The van der Waals surface area contributed by atoms with Crippen LogP contribution >= 0.6 is 0 Å². The molecule has 0 saturated carbocycles. The molecule has 48 heavy (non-hydrogen) atoms. The topological polar surface area (TPSA) is 84.4 Å². The van der Waals surface area contributed by atoms with Gasteiger partial charge in [0.05, 0.1) is 46.9 Å². The average molecular weight is 627 g/mol. The molecule has 7 heteroatoms. The number of carbonyl (C=O) groups is 2. The Bertz CT molecular complexity index is 2350. The minimum Gasteiger partial charge on any atom is -0.497 e. The second-order valence-electron chi connectivity index (χ2n) is 13.2. The highest BCUT2D eigenvalue weighted by atomic mass is 16.5. The summed E-state index contributed by atoms with van der Waals surface area (Å²) in [6, 6.07) is 39.4. The smallest absolute Gasteiger partial charge is 0.250 e. The predicted octanol–water partition coefficient (Wildman–Crippen LogP) is 6.86. The van der Waals surface area contributed by atoms with Crippen LogP contribution in [0.2, 0.25) is 0 Å². The molecule has 1 aliphatic carbocycles. The summed E-state index contributed by atoms with van der Waals surface area (Å²) in [6.45, 7) is 0.593. The van der Waals surface area contributed by atoms with E-state index in [0.717, 1.165) is 56.8 Å². The summed E-state index contributed by atoms with van der Waals surface area (Å²) in [5.41, 5.74) is 7.00. The van der Waals surface area contributed by atoms with Gasteiger partial charge in [-0.25, -0.2) is 9.97 Å². The van der Waals surface area contributed by atoms with E-state index in [4.69, 9.17) is 14.7 Å². The number of para-hydroxylation sites is 3. The fraction of sp³-hybridized carbons (Fsp3) is 0.171. The first-order valence-corrected chi connectivity index (χ1v) is 16.4. The van der Waals surface area contributed by atoms with Crippen molar-refractivity contribution < 1.29 is 14.3 Å². The van der Waals surface area contributed by atoms with E-state index in [1.807, 2.05) is 84.9 Å². The number of hydrogen-bond donors (Lipinski definition) is 1. The van der Waals surface area contributed by atoms with E-state index in [1.54, 1.807) is 7.11 Å². The van der Waals surface area contributed by atoms with Crippen LogP contribution in [0.15, 0.2) is 121 Å². The molecule has 7 nitrogen and oxygen atoms in total. The lowest BCUT2D eigenvalue weighted by Crippen LogP contribution is -2.55. The number of hydrogen-bond acceptors (Lipinski definition) is 6. The van der Waals surface area contributed by atoms with Crippen LogP contribution in [0, 0.1) is 5.92 Å². The number of aromatic nitrogens is 2. The van der Waals surface area contributed by atoms with E-state index >= 15 is 9.59 Å². The van der Waals surface area contributed by atoms with Gasteiger partial charge in [-0.2, -0.15) is 0 Å². The van der Waals surface area contributed by atoms with Crippen LogP contribution < -0.4 is 10.1 Å². The van der Waals surface area contributed by atoms with Gasteiger partial charge >= 0.3 is 0 Å². The molecule has 0 radical (unpaired) electrons. The summed E-state index contributed by atoms with van der Waals surface area (Å²) in [7, 11) is 1.61. The molecule has 5 aromatic carbocycles. The van der Waals surface area contributed by atoms with Crippen LogP contribution in [-0.2, 0) is 22.2 Å². The number of amides is 1. The summed E-state index contributed by atoms with van der Waals surface area (Å²) in [6.07, 6.45) is 0.751. The molecule has 4 atom stereocenters. The number of methoxy groups -OCH3 is 1. The Morgan fingerprint density at radius 2 is 1.50 bits per heavy atom. The maximum atomic E-state index is 15.8. The van der Waals surface area contributed by atoms with Gasteiger partial charge in [-0.05, 0) is 65.6 Å². The molecule has 1 saturated heterocycles. The molecule has 6 aromatic rings. The Morgan fingerprint density at radius 1 is 0.812 bits per heavy atom. The lowest BCUT2D eigenvalue weighted by Gasteiger charge is -2.42. The third-order valence-electron chi connectivity index (χ3n) is 11.2. The van der Waals surface area contributed by atoms with Gasteiger partial charge in [0, 0.05) is 28.9 Å². The molecule has 4 aliphatic rings. The van der Waals surface area contributed by atoms with Crippen LogP contribution in [0.3, 0.4) is 0 Å². The van der Waals surface area contributed by atoms with E-state index in [0.29, 0.717) is 17.9 Å². The zero-order valence-electron chi connectivity index (χ0n) is 26.2. The minimum atomic E-state index is -1.33. The van der Waals surface area contributed by atoms with Crippen LogP contribution in [0.5, 0.6) is 5.75 Å². The Balaban J connectivity index is 1.40. The third-order valence-corrected chi connectivity index (χ3v) is 11.2. The largest absolute Gasteiger partial charge is 0.497 e. The molecule has 0 bridgehead atoms. The molecule has 10 rings (SSSR count). The minimum absolute atomic E-state index is 0.117.